The molecule has 1 heteroatoms. The molecule has 3 rings (SSSR count). The average molecular weight is 298 g/mol. The predicted molar refractivity (Wildman–Crippen MR) is 92.6 cm³/mol. The highest BCUT2D eigenvalue weighted by Crippen LogP contribution is 2.54. The third kappa shape index (κ3) is 2.25. The normalized spacial score (nSPS) is 36.8. The molecule has 0 radical (unpaired) electrons. The van der Waals surface area contributed by atoms with E-state index in [0.717, 1.165) is 18.8 Å². The molecule has 3 aliphatic carbocycles. The van der Waals surface area contributed by atoms with Crippen LogP contribution in [-0.4, -0.2) is 5.78 Å². The summed E-state index contributed by atoms with van der Waals surface area (Å²) in [4.78, 5) is 12.3. The van der Waals surface area contributed by atoms with E-state index >= 15 is 0 Å². The van der Waals surface area contributed by atoms with Crippen LogP contribution in [0.1, 0.15) is 66.7 Å². The van der Waals surface area contributed by atoms with Crippen LogP contribution in [0.5, 0.6) is 0 Å². The molecule has 0 amide bonds. The van der Waals surface area contributed by atoms with Crippen molar-refractivity contribution in [2.24, 2.45) is 22.7 Å². The summed E-state index contributed by atoms with van der Waals surface area (Å²) in [5.74, 6) is 1.75. The topological polar surface area (TPSA) is 17.1 Å². The quantitative estimate of drug-likeness (QED) is 0.645. The number of hydrogen-bond acceptors (Lipinski definition) is 1. The molecule has 0 N–H and O–H groups in total. The average Bonchev–Trinajstić information content (AvgIpc) is 2.48. The molecule has 22 heavy (non-hydrogen) atoms. The van der Waals surface area contributed by atoms with Gasteiger partial charge in [0.15, 0.2) is 5.78 Å². The van der Waals surface area contributed by atoms with E-state index in [2.05, 4.69) is 46.8 Å². The zero-order valence-electron chi connectivity index (χ0n) is 14.8. The number of rotatable bonds is 2. The lowest BCUT2D eigenvalue weighted by Gasteiger charge is -2.47. The Labute approximate surface area is 135 Å². The first-order chi connectivity index (χ1) is 10.3. The molecule has 0 aromatic heterocycles. The van der Waals surface area contributed by atoms with Gasteiger partial charge in [0.1, 0.15) is 0 Å². The summed E-state index contributed by atoms with van der Waals surface area (Å²) in [5.41, 5.74) is 4.49. The minimum absolute atomic E-state index is 0.227. The Morgan fingerprint density at radius 2 is 1.95 bits per heavy atom. The van der Waals surface area contributed by atoms with Crippen LogP contribution in [0.4, 0.5) is 0 Å². The van der Waals surface area contributed by atoms with Crippen LogP contribution in [0.3, 0.4) is 0 Å². The lowest BCUT2D eigenvalue weighted by Crippen LogP contribution is -2.38. The third-order valence-electron chi connectivity index (χ3n) is 6.63. The zero-order valence-corrected chi connectivity index (χ0v) is 14.8. The second-order valence-corrected chi connectivity index (χ2v) is 8.38. The van der Waals surface area contributed by atoms with Crippen molar-refractivity contribution in [1.82, 2.24) is 0 Å². The van der Waals surface area contributed by atoms with Crippen LogP contribution in [0.2, 0.25) is 0 Å². The van der Waals surface area contributed by atoms with Gasteiger partial charge < -0.3 is 0 Å². The maximum Gasteiger partial charge on any atom is 0.161 e. The minimum Gasteiger partial charge on any atom is -0.294 e. The van der Waals surface area contributed by atoms with Crippen molar-refractivity contribution in [3.63, 3.8) is 0 Å². The lowest BCUT2D eigenvalue weighted by atomic mass is 9.57. The van der Waals surface area contributed by atoms with Gasteiger partial charge in [0.25, 0.3) is 0 Å². The van der Waals surface area contributed by atoms with E-state index in [1.165, 1.54) is 30.4 Å². The fourth-order valence-electron chi connectivity index (χ4n) is 4.92. The molecule has 3 atom stereocenters. The van der Waals surface area contributed by atoms with E-state index in [0.29, 0.717) is 17.1 Å². The summed E-state index contributed by atoms with van der Waals surface area (Å²) in [6.07, 6.45) is 12.5. The van der Waals surface area contributed by atoms with Crippen molar-refractivity contribution in [2.75, 3.05) is 0 Å². The molecule has 0 spiro atoms. The van der Waals surface area contributed by atoms with E-state index in [1.54, 1.807) is 5.57 Å². The molecular formula is C21H30O. The molecule has 120 valence electrons. The molecule has 0 aliphatic heterocycles. The van der Waals surface area contributed by atoms with Gasteiger partial charge in [-0.2, -0.15) is 0 Å². The molecule has 0 heterocycles. The van der Waals surface area contributed by atoms with Crippen molar-refractivity contribution in [1.29, 1.82) is 0 Å². The number of fused-ring (bicyclic) bond motifs is 2. The molecule has 0 aromatic rings. The van der Waals surface area contributed by atoms with Gasteiger partial charge in [-0.1, -0.05) is 53.2 Å². The number of ketones is 1. The maximum absolute atomic E-state index is 12.3. The Hall–Kier alpha value is -1.11. The maximum atomic E-state index is 12.3. The highest BCUT2D eigenvalue weighted by molar-refractivity contribution is 5.97. The van der Waals surface area contributed by atoms with Crippen molar-refractivity contribution >= 4 is 5.78 Å². The smallest absolute Gasteiger partial charge is 0.161 e. The molecule has 0 aromatic carbocycles. The van der Waals surface area contributed by atoms with Crippen LogP contribution >= 0.6 is 0 Å². The van der Waals surface area contributed by atoms with Gasteiger partial charge in [0, 0.05) is 5.41 Å². The van der Waals surface area contributed by atoms with E-state index < -0.39 is 0 Å². The first-order valence-corrected chi connectivity index (χ1v) is 9.00. The third-order valence-corrected chi connectivity index (χ3v) is 6.63. The lowest BCUT2D eigenvalue weighted by molar-refractivity contribution is -0.122. The number of carbonyl (C=O) groups is 1. The van der Waals surface area contributed by atoms with Gasteiger partial charge in [-0.3, -0.25) is 4.79 Å². The van der Waals surface area contributed by atoms with Gasteiger partial charge in [0.2, 0.25) is 0 Å². The summed E-state index contributed by atoms with van der Waals surface area (Å²) < 4.78 is 0. The van der Waals surface area contributed by atoms with E-state index in [1.807, 2.05) is 6.08 Å². The highest BCUT2D eigenvalue weighted by Gasteiger charge is 2.44. The van der Waals surface area contributed by atoms with Crippen LogP contribution in [0.15, 0.2) is 34.9 Å². The Balaban J connectivity index is 2.11. The molecule has 1 nitrogen and oxygen atoms in total. The van der Waals surface area contributed by atoms with Gasteiger partial charge in [-0.05, 0) is 65.7 Å². The van der Waals surface area contributed by atoms with Crippen molar-refractivity contribution in [2.45, 2.75) is 66.7 Å². The highest BCUT2D eigenvalue weighted by atomic mass is 16.1. The van der Waals surface area contributed by atoms with Crippen molar-refractivity contribution < 1.29 is 4.79 Å². The predicted octanol–water partition coefficient (Wildman–Crippen LogP) is 5.63. The fourth-order valence-corrected chi connectivity index (χ4v) is 4.92. The van der Waals surface area contributed by atoms with Gasteiger partial charge >= 0.3 is 0 Å². The van der Waals surface area contributed by atoms with E-state index in [-0.39, 0.29) is 5.41 Å². The monoisotopic (exact) mass is 298 g/mol. The molecule has 3 aliphatic rings. The van der Waals surface area contributed by atoms with Crippen molar-refractivity contribution in [3.05, 3.63) is 34.9 Å². The number of carbonyl (C=O) groups excluding carboxylic acids is 1. The number of hydrogen-bond donors (Lipinski definition) is 0. The Morgan fingerprint density at radius 1 is 1.23 bits per heavy atom. The Bertz CT molecular complexity index is 587. The second-order valence-electron chi connectivity index (χ2n) is 8.38. The van der Waals surface area contributed by atoms with Gasteiger partial charge in [-0.15, -0.1) is 0 Å². The van der Waals surface area contributed by atoms with Gasteiger partial charge in [0.05, 0.1) is 0 Å². The second kappa shape index (κ2) is 5.22. The first-order valence-electron chi connectivity index (χ1n) is 9.00. The molecule has 0 fully saturated rings. The summed E-state index contributed by atoms with van der Waals surface area (Å²) in [7, 11) is 0. The zero-order chi connectivity index (χ0) is 16.1. The summed E-state index contributed by atoms with van der Waals surface area (Å²) in [6, 6.07) is 0. The molecular weight excluding hydrogens is 268 g/mol. The molecule has 1 unspecified atom stereocenters. The first kappa shape index (κ1) is 15.8. The molecule has 0 saturated heterocycles. The largest absolute Gasteiger partial charge is 0.294 e. The van der Waals surface area contributed by atoms with Crippen LogP contribution in [0.25, 0.3) is 0 Å². The molecule has 0 saturated carbocycles. The minimum atomic E-state index is -0.227. The number of allylic oxidation sites excluding steroid dienone is 6. The van der Waals surface area contributed by atoms with E-state index in [4.69, 9.17) is 0 Å². The van der Waals surface area contributed by atoms with Crippen LogP contribution in [0, 0.1) is 22.7 Å². The van der Waals surface area contributed by atoms with Crippen LogP contribution in [-0.2, 0) is 4.79 Å². The summed E-state index contributed by atoms with van der Waals surface area (Å²) in [5, 5.41) is 0. The van der Waals surface area contributed by atoms with Crippen LogP contribution < -0.4 is 0 Å². The summed E-state index contributed by atoms with van der Waals surface area (Å²) >= 11 is 0. The van der Waals surface area contributed by atoms with E-state index in [9.17, 15) is 4.79 Å². The summed E-state index contributed by atoms with van der Waals surface area (Å²) in [6.45, 7) is 11.3. The Kier molecular flexibility index (Phi) is 3.74. The fraction of sp³-hybridized carbons (Fsp3) is 0.667. The standard InChI is InChI=1S/C21H30O/c1-6-18-16-9-8-14-12-19(22)20(3,4)13-17(14)15(16)10-11-21(18,5)7-2/h10-12,16,18H,6-9,13H2,1-5H3/t16-,18+,21?/m1/s1. The van der Waals surface area contributed by atoms with Gasteiger partial charge in [-0.25, -0.2) is 0 Å². The SMILES string of the molecule is CC[C@H]1[C@@H]2CCC3=CC(=O)C(C)(C)CC3=C2C=CC1(C)CC. The van der Waals surface area contributed by atoms with Crippen molar-refractivity contribution in [3.8, 4) is 0 Å². The molecule has 0 bridgehead atoms. The Morgan fingerprint density at radius 3 is 2.59 bits per heavy atom.